The Morgan fingerprint density at radius 2 is 2.22 bits per heavy atom. The summed E-state index contributed by atoms with van der Waals surface area (Å²) in [6.07, 6.45) is 0. The van der Waals surface area contributed by atoms with E-state index in [2.05, 4.69) is 12.6 Å². The summed E-state index contributed by atoms with van der Waals surface area (Å²) in [5.74, 6) is 0. The highest BCUT2D eigenvalue weighted by Gasteiger charge is 2.34. The lowest BCUT2D eigenvalue weighted by atomic mass is 10.6. The van der Waals surface area contributed by atoms with Gasteiger partial charge in [0.15, 0.2) is 0 Å². The maximum absolute atomic E-state index is 10.6. The second-order valence-corrected chi connectivity index (χ2v) is 3.12. The van der Waals surface area contributed by atoms with E-state index >= 15 is 0 Å². The van der Waals surface area contributed by atoms with Crippen molar-refractivity contribution in [3.05, 3.63) is 0 Å². The van der Waals surface area contributed by atoms with Gasteiger partial charge in [-0.25, -0.2) is 0 Å². The van der Waals surface area contributed by atoms with Gasteiger partial charge in [-0.05, 0) is 0 Å². The molecule has 1 heterocycles. The zero-order chi connectivity index (χ0) is 7.02. The van der Waals surface area contributed by atoms with Crippen LogP contribution in [-0.2, 0) is 4.79 Å². The SMILES string of the molecule is CN1C(=O)SC(=O)C1S. The number of amides is 1. The standard InChI is InChI=1S/C4H5NO2S2/c1-5-2(8)3(6)9-4(5)7/h2,8H,1H3. The normalized spacial score (nSPS) is 27.8. The number of thiol groups is 1. The van der Waals surface area contributed by atoms with Gasteiger partial charge in [-0.15, -0.1) is 12.6 Å². The predicted molar refractivity (Wildman–Crippen MR) is 38.5 cm³/mol. The molecule has 1 amide bonds. The molecule has 1 aliphatic heterocycles. The van der Waals surface area contributed by atoms with Gasteiger partial charge in [0, 0.05) is 18.8 Å². The summed E-state index contributed by atoms with van der Waals surface area (Å²) in [7, 11) is 1.55. The quantitative estimate of drug-likeness (QED) is 0.530. The fraction of sp³-hybridized carbons (Fsp3) is 0.500. The minimum absolute atomic E-state index is 0.189. The molecule has 50 valence electrons. The van der Waals surface area contributed by atoms with Gasteiger partial charge in [-0.2, -0.15) is 0 Å². The van der Waals surface area contributed by atoms with E-state index in [1.54, 1.807) is 7.05 Å². The highest BCUT2D eigenvalue weighted by molar-refractivity contribution is 8.27. The van der Waals surface area contributed by atoms with E-state index in [0.29, 0.717) is 11.8 Å². The van der Waals surface area contributed by atoms with Crippen molar-refractivity contribution in [2.45, 2.75) is 5.37 Å². The van der Waals surface area contributed by atoms with E-state index in [0.717, 1.165) is 0 Å². The fourth-order valence-electron chi connectivity index (χ4n) is 0.469. The van der Waals surface area contributed by atoms with Gasteiger partial charge in [0.1, 0.15) is 5.37 Å². The minimum atomic E-state index is -0.539. The lowest BCUT2D eigenvalue weighted by Gasteiger charge is -2.09. The van der Waals surface area contributed by atoms with Gasteiger partial charge in [0.2, 0.25) is 5.12 Å². The molecule has 0 aromatic heterocycles. The van der Waals surface area contributed by atoms with Gasteiger partial charge in [0.25, 0.3) is 5.24 Å². The first-order chi connectivity index (χ1) is 4.13. The van der Waals surface area contributed by atoms with Gasteiger partial charge in [0.05, 0.1) is 0 Å². The Hall–Kier alpha value is -0.160. The maximum atomic E-state index is 10.6. The number of likely N-dealkylation sites (N-methyl/N-ethyl adjacent to an activating group) is 1. The van der Waals surface area contributed by atoms with Crippen LogP contribution in [0.4, 0.5) is 4.79 Å². The second kappa shape index (κ2) is 2.22. The summed E-state index contributed by atoms with van der Waals surface area (Å²) in [4.78, 5) is 22.5. The third kappa shape index (κ3) is 1.07. The Labute approximate surface area is 62.2 Å². The number of nitrogens with zero attached hydrogens (tertiary/aromatic N) is 1. The van der Waals surface area contributed by atoms with Crippen LogP contribution in [0.15, 0.2) is 0 Å². The first-order valence-corrected chi connectivity index (χ1v) is 3.63. The third-order valence-electron chi connectivity index (χ3n) is 1.05. The van der Waals surface area contributed by atoms with E-state index in [9.17, 15) is 9.59 Å². The lowest BCUT2D eigenvalue weighted by molar-refractivity contribution is -0.111. The third-order valence-corrected chi connectivity index (χ3v) is 2.70. The van der Waals surface area contributed by atoms with Crippen LogP contribution in [0.1, 0.15) is 0 Å². The molecule has 0 spiro atoms. The molecule has 0 bridgehead atoms. The average Bonchev–Trinajstić information content (AvgIpc) is 1.98. The summed E-state index contributed by atoms with van der Waals surface area (Å²) in [5, 5.41) is -0.951. The van der Waals surface area contributed by atoms with Crippen LogP contribution in [0.25, 0.3) is 0 Å². The molecule has 1 rings (SSSR count). The van der Waals surface area contributed by atoms with Crippen LogP contribution in [0, 0.1) is 0 Å². The molecule has 1 fully saturated rings. The molecule has 1 unspecified atom stereocenters. The van der Waals surface area contributed by atoms with Gasteiger partial charge >= 0.3 is 0 Å². The summed E-state index contributed by atoms with van der Waals surface area (Å²) < 4.78 is 0. The molecule has 0 saturated carbocycles. The monoisotopic (exact) mass is 163 g/mol. The number of carbonyl (C=O) groups is 2. The number of rotatable bonds is 0. The molecule has 0 aromatic carbocycles. The largest absolute Gasteiger partial charge is 0.317 e. The maximum Gasteiger partial charge on any atom is 0.290 e. The van der Waals surface area contributed by atoms with Crippen molar-refractivity contribution in [1.82, 2.24) is 4.90 Å². The number of carbonyl (C=O) groups excluding carboxylic acids is 2. The van der Waals surface area contributed by atoms with E-state index in [-0.39, 0.29) is 10.4 Å². The zero-order valence-corrected chi connectivity index (χ0v) is 6.41. The van der Waals surface area contributed by atoms with Crippen LogP contribution in [-0.4, -0.2) is 27.7 Å². The van der Waals surface area contributed by atoms with E-state index in [1.807, 2.05) is 0 Å². The highest BCUT2D eigenvalue weighted by atomic mass is 32.2. The fourth-order valence-corrected chi connectivity index (χ4v) is 1.49. The van der Waals surface area contributed by atoms with Crippen molar-refractivity contribution < 1.29 is 9.59 Å². The summed E-state index contributed by atoms with van der Waals surface area (Å²) in [5.41, 5.74) is 0. The molecule has 0 N–H and O–H groups in total. The smallest absolute Gasteiger partial charge is 0.290 e. The predicted octanol–water partition coefficient (Wildman–Crippen LogP) is 0.567. The Bertz CT molecular complexity index is 152. The van der Waals surface area contributed by atoms with Crippen LogP contribution in [0.3, 0.4) is 0 Å². The van der Waals surface area contributed by atoms with Crippen molar-refractivity contribution >= 4 is 34.7 Å². The average molecular weight is 163 g/mol. The van der Waals surface area contributed by atoms with Crippen molar-refractivity contribution in [3.8, 4) is 0 Å². The van der Waals surface area contributed by atoms with Crippen molar-refractivity contribution in [1.29, 1.82) is 0 Å². The molecular weight excluding hydrogens is 158 g/mol. The minimum Gasteiger partial charge on any atom is -0.317 e. The number of thioether (sulfide) groups is 1. The highest BCUT2D eigenvalue weighted by Crippen LogP contribution is 2.25. The van der Waals surface area contributed by atoms with E-state index in [1.165, 1.54) is 4.90 Å². The number of hydrogen-bond donors (Lipinski definition) is 1. The first kappa shape index (κ1) is 6.95. The topological polar surface area (TPSA) is 37.4 Å². The Kier molecular flexibility index (Phi) is 1.72. The molecule has 0 radical (unpaired) electrons. The molecule has 0 aliphatic carbocycles. The summed E-state index contributed by atoms with van der Waals surface area (Å²) in [6, 6.07) is 0. The van der Waals surface area contributed by atoms with Crippen LogP contribution in [0.2, 0.25) is 0 Å². The summed E-state index contributed by atoms with van der Waals surface area (Å²) >= 11 is 4.58. The zero-order valence-electron chi connectivity index (χ0n) is 4.70. The molecule has 1 aliphatic rings. The van der Waals surface area contributed by atoms with Crippen LogP contribution < -0.4 is 0 Å². The Balaban J connectivity index is 2.77. The van der Waals surface area contributed by atoms with E-state index < -0.39 is 5.37 Å². The molecular formula is C4H5NO2S2. The molecule has 0 aromatic rings. The van der Waals surface area contributed by atoms with Crippen molar-refractivity contribution in [2.75, 3.05) is 7.05 Å². The molecule has 1 saturated heterocycles. The summed E-state index contributed by atoms with van der Waals surface area (Å²) in [6.45, 7) is 0. The molecule has 5 heteroatoms. The first-order valence-electron chi connectivity index (χ1n) is 2.29. The van der Waals surface area contributed by atoms with Crippen LogP contribution >= 0.6 is 24.4 Å². The van der Waals surface area contributed by atoms with Crippen molar-refractivity contribution in [2.24, 2.45) is 0 Å². The lowest BCUT2D eigenvalue weighted by Crippen LogP contribution is -2.25. The van der Waals surface area contributed by atoms with Gasteiger partial charge in [-0.1, -0.05) is 0 Å². The van der Waals surface area contributed by atoms with Gasteiger partial charge in [-0.3, -0.25) is 9.59 Å². The van der Waals surface area contributed by atoms with E-state index in [4.69, 9.17) is 0 Å². The van der Waals surface area contributed by atoms with Crippen LogP contribution in [0.5, 0.6) is 0 Å². The molecule has 9 heavy (non-hydrogen) atoms. The molecule has 3 nitrogen and oxygen atoms in total. The Morgan fingerprint density at radius 3 is 2.33 bits per heavy atom. The van der Waals surface area contributed by atoms with Gasteiger partial charge < -0.3 is 4.90 Å². The number of hydrogen-bond acceptors (Lipinski definition) is 4. The Morgan fingerprint density at radius 1 is 1.67 bits per heavy atom. The second-order valence-electron chi connectivity index (χ2n) is 1.67. The molecule has 1 atom stereocenters. The van der Waals surface area contributed by atoms with Crippen molar-refractivity contribution in [3.63, 3.8) is 0 Å².